The third-order valence-electron chi connectivity index (χ3n) is 3.93. The Morgan fingerprint density at radius 2 is 2.22 bits per heavy atom. The Hall–Kier alpha value is -0.610. The van der Waals surface area contributed by atoms with Crippen molar-refractivity contribution in [1.29, 1.82) is 0 Å². The first kappa shape index (κ1) is 15.4. The summed E-state index contributed by atoms with van der Waals surface area (Å²) in [6.07, 6.45) is 3.17. The van der Waals surface area contributed by atoms with E-state index in [-0.39, 0.29) is 17.9 Å². The Morgan fingerprint density at radius 1 is 1.50 bits per heavy atom. The molecule has 0 bridgehead atoms. The zero-order valence-corrected chi connectivity index (χ0v) is 12.0. The zero-order chi connectivity index (χ0) is 13.5. The molecule has 1 aliphatic rings. The fraction of sp³-hybridized carbons (Fsp3) is 0.929. The molecule has 1 saturated heterocycles. The first-order valence-corrected chi connectivity index (χ1v) is 7.22. The van der Waals surface area contributed by atoms with Crippen LogP contribution in [0.2, 0.25) is 0 Å². The fourth-order valence-corrected chi connectivity index (χ4v) is 2.39. The molecule has 106 valence electrons. The average molecular weight is 256 g/mol. The minimum atomic E-state index is -0.346. The van der Waals surface area contributed by atoms with Crippen molar-refractivity contribution in [2.75, 3.05) is 26.3 Å². The average Bonchev–Trinajstić information content (AvgIpc) is 2.42. The number of nitrogens with zero attached hydrogens (tertiary/aromatic N) is 1. The van der Waals surface area contributed by atoms with E-state index in [9.17, 15) is 4.79 Å². The van der Waals surface area contributed by atoms with Crippen LogP contribution in [-0.4, -0.2) is 43.2 Å². The van der Waals surface area contributed by atoms with Crippen LogP contribution in [0.15, 0.2) is 0 Å². The van der Waals surface area contributed by atoms with Crippen LogP contribution in [0.1, 0.15) is 40.0 Å². The summed E-state index contributed by atoms with van der Waals surface area (Å²) in [7, 11) is 0. The molecule has 4 heteroatoms. The minimum absolute atomic E-state index is 0.116. The Kier molecular flexibility index (Phi) is 6.65. The van der Waals surface area contributed by atoms with Crippen molar-refractivity contribution in [2.45, 2.75) is 46.1 Å². The molecular formula is C14H28N2O2. The van der Waals surface area contributed by atoms with Crippen molar-refractivity contribution in [2.24, 2.45) is 17.6 Å². The molecule has 0 radical (unpaired) electrons. The largest absolute Gasteiger partial charge is 0.381 e. The van der Waals surface area contributed by atoms with Crippen molar-refractivity contribution < 1.29 is 9.53 Å². The summed E-state index contributed by atoms with van der Waals surface area (Å²) in [5, 5.41) is 0. The molecule has 0 spiro atoms. The SMILES string of the molecule is CCOCC1CCCN(C(=O)C(N)C(C)CC)C1. The maximum atomic E-state index is 12.3. The first-order valence-electron chi connectivity index (χ1n) is 7.22. The summed E-state index contributed by atoms with van der Waals surface area (Å²) < 4.78 is 5.46. The minimum Gasteiger partial charge on any atom is -0.381 e. The van der Waals surface area contributed by atoms with Crippen molar-refractivity contribution in [3.05, 3.63) is 0 Å². The van der Waals surface area contributed by atoms with Gasteiger partial charge in [0.15, 0.2) is 0 Å². The van der Waals surface area contributed by atoms with Gasteiger partial charge in [0, 0.05) is 19.7 Å². The van der Waals surface area contributed by atoms with Crippen LogP contribution in [0.3, 0.4) is 0 Å². The van der Waals surface area contributed by atoms with E-state index in [1.165, 1.54) is 0 Å². The van der Waals surface area contributed by atoms with Crippen molar-refractivity contribution in [3.8, 4) is 0 Å². The lowest BCUT2D eigenvalue weighted by Crippen LogP contribution is -2.50. The highest BCUT2D eigenvalue weighted by atomic mass is 16.5. The Bertz CT molecular complexity index is 258. The second-order valence-electron chi connectivity index (χ2n) is 5.36. The van der Waals surface area contributed by atoms with Gasteiger partial charge in [-0.2, -0.15) is 0 Å². The summed E-state index contributed by atoms with van der Waals surface area (Å²) in [5.41, 5.74) is 6.03. The molecule has 0 aliphatic carbocycles. The summed E-state index contributed by atoms with van der Waals surface area (Å²) in [4.78, 5) is 14.2. The summed E-state index contributed by atoms with van der Waals surface area (Å²) in [6, 6.07) is -0.346. The van der Waals surface area contributed by atoms with Gasteiger partial charge in [0.1, 0.15) is 0 Å². The molecule has 1 fully saturated rings. The number of hydrogen-bond acceptors (Lipinski definition) is 3. The van der Waals surface area contributed by atoms with Gasteiger partial charge >= 0.3 is 0 Å². The number of hydrogen-bond donors (Lipinski definition) is 1. The molecule has 0 aromatic carbocycles. The molecule has 1 rings (SSSR count). The van der Waals surface area contributed by atoms with Gasteiger partial charge in [-0.3, -0.25) is 4.79 Å². The van der Waals surface area contributed by atoms with Crippen LogP contribution in [0.5, 0.6) is 0 Å². The third kappa shape index (κ3) is 4.25. The van der Waals surface area contributed by atoms with E-state index in [0.29, 0.717) is 5.92 Å². The number of piperidine rings is 1. The quantitative estimate of drug-likeness (QED) is 0.786. The van der Waals surface area contributed by atoms with Gasteiger partial charge < -0.3 is 15.4 Å². The van der Waals surface area contributed by atoms with Crippen molar-refractivity contribution >= 4 is 5.91 Å². The van der Waals surface area contributed by atoms with Crippen molar-refractivity contribution in [1.82, 2.24) is 4.90 Å². The van der Waals surface area contributed by atoms with Crippen LogP contribution >= 0.6 is 0 Å². The molecule has 4 nitrogen and oxygen atoms in total. The molecule has 1 heterocycles. The van der Waals surface area contributed by atoms with Crippen LogP contribution in [0.25, 0.3) is 0 Å². The van der Waals surface area contributed by atoms with E-state index in [1.807, 2.05) is 18.7 Å². The van der Waals surface area contributed by atoms with Crippen molar-refractivity contribution in [3.63, 3.8) is 0 Å². The second kappa shape index (κ2) is 7.74. The third-order valence-corrected chi connectivity index (χ3v) is 3.93. The van der Waals surface area contributed by atoms with Gasteiger partial charge in [-0.25, -0.2) is 0 Å². The van der Waals surface area contributed by atoms with Gasteiger partial charge in [-0.05, 0) is 31.6 Å². The van der Waals surface area contributed by atoms with E-state index in [2.05, 4.69) is 6.92 Å². The Labute approximate surface area is 111 Å². The van der Waals surface area contributed by atoms with Gasteiger partial charge in [0.2, 0.25) is 5.91 Å². The maximum Gasteiger partial charge on any atom is 0.239 e. The molecule has 3 atom stereocenters. The second-order valence-corrected chi connectivity index (χ2v) is 5.36. The predicted molar refractivity (Wildman–Crippen MR) is 73.2 cm³/mol. The molecule has 2 N–H and O–H groups in total. The predicted octanol–water partition coefficient (Wildman–Crippen LogP) is 1.63. The fourth-order valence-electron chi connectivity index (χ4n) is 2.39. The van der Waals surface area contributed by atoms with E-state index in [4.69, 9.17) is 10.5 Å². The van der Waals surface area contributed by atoms with Gasteiger partial charge in [-0.1, -0.05) is 20.3 Å². The number of ether oxygens (including phenoxy) is 1. The number of carbonyl (C=O) groups excluding carboxylic acids is 1. The summed E-state index contributed by atoms with van der Waals surface area (Å²) in [6.45, 7) is 9.30. The highest BCUT2D eigenvalue weighted by molar-refractivity contribution is 5.82. The molecule has 0 saturated carbocycles. The monoisotopic (exact) mass is 256 g/mol. The lowest BCUT2D eigenvalue weighted by atomic mass is 9.95. The van der Waals surface area contributed by atoms with Crippen LogP contribution in [0.4, 0.5) is 0 Å². The maximum absolute atomic E-state index is 12.3. The highest BCUT2D eigenvalue weighted by Gasteiger charge is 2.29. The molecule has 0 aromatic rings. The van der Waals surface area contributed by atoms with Gasteiger partial charge in [-0.15, -0.1) is 0 Å². The first-order chi connectivity index (χ1) is 8.60. The van der Waals surface area contributed by atoms with Crippen LogP contribution in [-0.2, 0) is 9.53 Å². The molecule has 3 unspecified atom stereocenters. The summed E-state index contributed by atoms with van der Waals surface area (Å²) in [5.74, 6) is 0.849. The number of rotatable bonds is 6. The van der Waals surface area contributed by atoms with E-state index in [0.717, 1.165) is 45.6 Å². The molecule has 1 amide bonds. The smallest absolute Gasteiger partial charge is 0.239 e. The standard InChI is InChI=1S/C14H28N2O2/c1-4-11(3)13(15)14(17)16-8-6-7-12(9-16)10-18-5-2/h11-13H,4-10,15H2,1-3H3. The molecular weight excluding hydrogens is 228 g/mol. The number of nitrogens with two attached hydrogens (primary N) is 1. The number of amides is 1. The van der Waals surface area contributed by atoms with E-state index < -0.39 is 0 Å². The van der Waals surface area contributed by atoms with Crippen LogP contribution < -0.4 is 5.73 Å². The lowest BCUT2D eigenvalue weighted by molar-refractivity contribution is -0.136. The molecule has 18 heavy (non-hydrogen) atoms. The normalized spacial score (nSPS) is 23.8. The van der Waals surface area contributed by atoms with Gasteiger partial charge in [0.05, 0.1) is 12.6 Å². The molecule has 0 aromatic heterocycles. The van der Waals surface area contributed by atoms with Crippen LogP contribution in [0, 0.1) is 11.8 Å². The Balaban J connectivity index is 2.47. The lowest BCUT2D eigenvalue weighted by Gasteiger charge is -2.35. The highest BCUT2D eigenvalue weighted by Crippen LogP contribution is 2.19. The van der Waals surface area contributed by atoms with E-state index in [1.54, 1.807) is 0 Å². The van der Waals surface area contributed by atoms with Gasteiger partial charge in [0.25, 0.3) is 0 Å². The number of likely N-dealkylation sites (tertiary alicyclic amines) is 1. The molecule has 1 aliphatic heterocycles. The number of carbonyl (C=O) groups is 1. The zero-order valence-electron chi connectivity index (χ0n) is 12.0. The van der Waals surface area contributed by atoms with E-state index >= 15 is 0 Å². The topological polar surface area (TPSA) is 55.6 Å². The Morgan fingerprint density at radius 3 is 2.83 bits per heavy atom. The summed E-state index contributed by atoms with van der Waals surface area (Å²) >= 11 is 0.